The Labute approximate surface area is 190 Å². The molecule has 2 aromatic heterocycles. The summed E-state index contributed by atoms with van der Waals surface area (Å²) in [6.45, 7) is 3.99. The van der Waals surface area contributed by atoms with Crippen molar-refractivity contribution in [3.8, 4) is 5.75 Å². The van der Waals surface area contributed by atoms with Crippen LogP contribution in [0.15, 0.2) is 59.0 Å². The van der Waals surface area contributed by atoms with E-state index in [-0.39, 0.29) is 23.8 Å². The predicted molar refractivity (Wildman–Crippen MR) is 127 cm³/mol. The number of methoxy groups -OCH3 is 1. The van der Waals surface area contributed by atoms with E-state index in [0.717, 1.165) is 16.0 Å². The number of thiazole rings is 1. The van der Waals surface area contributed by atoms with Crippen molar-refractivity contribution in [3.05, 3.63) is 64.4 Å². The molecule has 7 nitrogen and oxygen atoms in total. The van der Waals surface area contributed by atoms with E-state index in [1.54, 1.807) is 31.4 Å². The number of fused-ring (bicyclic) bond motifs is 2. The van der Waals surface area contributed by atoms with E-state index in [0.29, 0.717) is 26.2 Å². The molecular formula is C21H17ClN4O3S2. The molecule has 1 amide bonds. The highest BCUT2D eigenvalue weighted by Gasteiger charge is 2.14. The maximum atomic E-state index is 12.8. The molecule has 0 radical (unpaired) electrons. The molecule has 31 heavy (non-hydrogen) atoms. The molecule has 0 aliphatic heterocycles. The molecule has 4 rings (SSSR count). The number of amides is 1. The topological polar surface area (TPSA) is 86.1 Å². The first kappa shape index (κ1) is 21.4. The summed E-state index contributed by atoms with van der Waals surface area (Å²) in [5.41, 5.74) is 1.06. The Hall–Kier alpha value is -2.88. The minimum Gasteiger partial charge on any atom is -0.497 e. The predicted octanol–water partition coefficient (Wildman–Crippen LogP) is 4.59. The monoisotopic (exact) mass is 472 g/mol. The second-order valence-electron chi connectivity index (χ2n) is 6.45. The summed E-state index contributed by atoms with van der Waals surface area (Å²) >= 11 is 8.58. The van der Waals surface area contributed by atoms with Gasteiger partial charge >= 0.3 is 0 Å². The number of hydrogen-bond acceptors (Lipinski definition) is 7. The molecule has 0 saturated carbocycles. The number of rotatable bonds is 7. The number of halogens is 1. The number of allylic oxidation sites excluding steroid dienone is 1. The van der Waals surface area contributed by atoms with Crippen molar-refractivity contribution >= 4 is 66.9 Å². The van der Waals surface area contributed by atoms with Gasteiger partial charge in [0.05, 0.1) is 34.0 Å². The molecule has 158 valence electrons. The fourth-order valence-corrected chi connectivity index (χ4v) is 4.83. The van der Waals surface area contributed by atoms with Gasteiger partial charge < -0.3 is 10.1 Å². The van der Waals surface area contributed by atoms with E-state index in [4.69, 9.17) is 16.3 Å². The molecular weight excluding hydrogens is 456 g/mol. The number of anilines is 1. The van der Waals surface area contributed by atoms with Crippen molar-refractivity contribution in [2.45, 2.75) is 11.7 Å². The average molecular weight is 473 g/mol. The van der Waals surface area contributed by atoms with E-state index >= 15 is 0 Å². The Kier molecular flexibility index (Phi) is 6.26. The Morgan fingerprint density at radius 2 is 2.13 bits per heavy atom. The molecule has 0 unspecified atom stereocenters. The highest BCUT2D eigenvalue weighted by atomic mass is 35.5. The number of hydrogen-bond donors (Lipinski definition) is 1. The maximum Gasteiger partial charge on any atom is 0.262 e. The van der Waals surface area contributed by atoms with Crippen molar-refractivity contribution in [2.75, 3.05) is 18.2 Å². The zero-order valence-corrected chi connectivity index (χ0v) is 18.8. The molecule has 0 spiro atoms. The van der Waals surface area contributed by atoms with E-state index in [2.05, 4.69) is 21.9 Å². The van der Waals surface area contributed by atoms with Crippen LogP contribution in [0.3, 0.4) is 0 Å². The molecule has 0 fully saturated rings. The summed E-state index contributed by atoms with van der Waals surface area (Å²) in [6, 6.07) is 10.5. The van der Waals surface area contributed by atoms with E-state index < -0.39 is 0 Å². The number of carbonyl (C=O) groups is 1. The summed E-state index contributed by atoms with van der Waals surface area (Å²) in [6.07, 6.45) is 1.62. The van der Waals surface area contributed by atoms with Gasteiger partial charge in [-0.3, -0.25) is 14.2 Å². The fourth-order valence-electron chi connectivity index (χ4n) is 2.94. The largest absolute Gasteiger partial charge is 0.497 e. The van der Waals surface area contributed by atoms with Crippen LogP contribution in [0.2, 0.25) is 5.02 Å². The van der Waals surface area contributed by atoms with Gasteiger partial charge in [0.1, 0.15) is 5.75 Å². The van der Waals surface area contributed by atoms with Gasteiger partial charge in [-0.2, -0.15) is 0 Å². The Balaban J connectivity index is 1.54. The van der Waals surface area contributed by atoms with E-state index in [9.17, 15) is 9.59 Å². The molecule has 4 aromatic rings. The van der Waals surface area contributed by atoms with Gasteiger partial charge in [-0.25, -0.2) is 9.97 Å². The van der Waals surface area contributed by atoms with Gasteiger partial charge in [0.25, 0.3) is 5.56 Å². The van der Waals surface area contributed by atoms with Crippen LogP contribution < -0.4 is 15.6 Å². The van der Waals surface area contributed by atoms with E-state index in [1.165, 1.54) is 27.7 Å². The molecule has 2 aromatic carbocycles. The van der Waals surface area contributed by atoms with Gasteiger partial charge in [0, 0.05) is 11.6 Å². The van der Waals surface area contributed by atoms with Gasteiger partial charge in [0.2, 0.25) is 5.91 Å². The number of ether oxygens (including phenoxy) is 1. The highest BCUT2D eigenvalue weighted by molar-refractivity contribution is 7.99. The second-order valence-corrected chi connectivity index (χ2v) is 8.86. The van der Waals surface area contributed by atoms with Crippen LogP contribution in [0.4, 0.5) is 5.13 Å². The first-order valence-corrected chi connectivity index (χ1v) is 11.3. The van der Waals surface area contributed by atoms with Crippen LogP contribution in [0.5, 0.6) is 5.75 Å². The van der Waals surface area contributed by atoms with E-state index in [1.807, 2.05) is 18.2 Å². The van der Waals surface area contributed by atoms with Gasteiger partial charge in [-0.1, -0.05) is 40.8 Å². The summed E-state index contributed by atoms with van der Waals surface area (Å²) in [7, 11) is 1.60. The van der Waals surface area contributed by atoms with Crippen LogP contribution in [0, 0.1) is 0 Å². The molecule has 10 heteroatoms. The Morgan fingerprint density at radius 1 is 1.29 bits per heavy atom. The standard InChI is InChI=1S/C21H17ClN4O3S2/c1-3-8-26-19(28)14-6-4-12(22)9-16(14)24-21(26)30-11-18(27)25-20-23-15-7-5-13(29-2)10-17(15)31-20/h3-7,9-10H,1,8,11H2,2H3,(H,23,25,27). The van der Waals surface area contributed by atoms with Crippen molar-refractivity contribution in [2.24, 2.45) is 0 Å². The van der Waals surface area contributed by atoms with Crippen molar-refractivity contribution in [3.63, 3.8) is 0 Å². The normalized spacial score (nSPS) is 11.0. The molecule has 0 saturated heterocycles. The number of carbonyl (C=O) groups excluding carboxylic acids is 1. The number of thioether (sulfide) groups is 1. The molecule has 0 bridgehead atoms. The summed E-state index contributed by atoms with van der Waals surface area (Å²) < 4.78 is 7.62. The minimum absolute atomic E-state index is 0.0644. The quantitative estimate of drug-likeness (QED) is 0.240. The van der Waals surface area contributed by atoms with Crippen molar-refractivity contribution < 1.29 is 9.53 Å². The Bertz CT molecular complexity index is 1370. The average Bonchev–Trinajstić information content (AvgIpc) is 3.15. The minimum atomic E-state index is -0.249. The lowest BCUT2D eigenvalue weighted by atomic mass is 10.2. The van der Waals surface area contributed by atoms with Gasteiger partial charge in [0.15, 0.2) is 10.3 Å². The van der Waals surface area contributed by atoms with Crippen LogP contribution >= 0.6 is 34.7 Å². The first-order chi connectivity index (χ1) is 15.0. The number of nitrogens with zero attached hydrogens (tertiary/aromatic N) is 3. The number of benzene rings is 2. The maximum absolute atomic E-state index is 12.8. The third-order valence-corrected chi connectivity index (χ3v) is 6.51. The van der Waals surface area contributed by atoms with Crippen LogP contribution in [0.25, 0.3) is 21.1 Å². The fraction of sp³-hybridized carbons (Fsp3) is 0.143. The second kappa shape index (κ2) is 9.09. The SMILES string of the molecule is C=CCn1c(SCC(=O)Nc2nc3ccc(OC)cc3s2)nc2cc(Cl)ccc2c1=O. The number of aromatic nitrogens is 3. The van der Waals surface area contributed by atoms with Gasteiger partial charge in [-0.05, 0) is 36.4 Å². The van der Waals surface area contributed by atoms with Crippen LogP contribution in [0.1, 0.15) is 0 Å². The molecule has 1 N–H and O–H groups in total. The lowest BCUT2D eigenvalue weighted by Crippen LogP contribution is -2.23. The molecule has 2 heterocycles. The number of nitrogens with one attached hydrogen (secondary N) is 1. The van der Waals surface area contributed by atoms with Gasteiger partial charge in [-0.15, -0.1) is 6.58 Å². The lowest BCUT2D eigenvalue weighted by Gasteiger charge is -2.11. The lowest BCUT2D eigenvalue weighted by molar-refractivity contribution is -0.113. The highest BCUT2D eigenvalue weighted by Crippen LogP contribution is 2.29. The molecule has 0 aliphatic rings. The Morgan fingerprint density at radius 3 is 2.90 bits per heavy atom. The van der Waals surface area contributed by atoms with Crippen LogP contribution in [-0.4, -0.2) is 33.3 Å². The summed E-state index contributed by atoms with van der Waals surface area (Å²) in [5, 5.41) is 4.67. The first-order valence-electron chi connectivity index (χ1n) is 9.16. The zero-order valence-electron chi connectivity index (χ0n) is 16.4. The van der Waals surface area contributed by atoms with Crippen molar-refractivity contribution in [1.82, 2.24) is 14.5 Å². The summed E-state index contributed by atoms with van der Waals surface area (Å²) in [4.78, 5) is 34.3. The molecule has 0 aliphatic carbocycles. The molecule has 0 atom stereocenters. The summed E-state index contributed by atoms with van der Waals surface area (Å²) in [5.74, 6) is 0.545. The van der Waals surface area contributed by atoms with Crippen LogP contribution in [-0.2, 0) is 11.3 Å². The zero-order chi connectivity index (χ0) is 22.0. The third-order valence-electron chi connectivity index (χ3n) is 4.37. The van der Waals surface area contributed by atoms with Crippen molar-refractivity contribution in [1.29, 1.82) is 0 Å². The third kappa shape index (κ3) is 4.58. The smallest absolute Gasteiger partial charge is 0.262 e.